The summed E-state index contributed by atoms with van der Waals surface area (Å²) in [5.74, 6) is -2.12. The van der Waals surface area contributed by atoms with Gasteiger partial charge in [0.05, 0.1) is 17.6 Å². The maximum absolute atomic E-state index is 16.3. The van der Waals surface area contributed by atoms with Crippen molar-refractivity contribution in [3.8, 4) is 5.75 Å². The number of halogens is 6. The first kappa shape index (κ1) is 32.8. The molecule has 44 heavy (non-hydrogen) atoms. The van der Waals surface area contributed by atoms with E-state index in [0.29, 0.717) is 23.0 Å². The lowest BCUT2D eigenvalue weighted by Crippen LogP contribution is -2.58. The zero-order chi connectivity index (χ0) is 32.3. The van der Waals surface area contributed by atoms with Gasteiger partial charge < -0.3 is 15.3 Å². The van der Waals surface area contributed by atoms with Crippen LogP contribution < -0.4 is 10.5 Å². The third-order valence-corrected chi connectivity index (χ3v) is 7.90. The molecular weight excluding hydrogens is 580 g/mol. The molecule has 0 aromatic heterocycles. The summed E-state index contributed by atoms with van der Waals surface area (Å²) in [6.45, 7) is 4.80. The van der Waals surface area contributed by atoms with Crippen LogP contribution in [0.1, 0.15) is 58.2 Å². The number of carbonyl (C=O) groups is 1. The lowest BCUT2D eigenvalue weighted by molar-refractivity contribution is -0.136. The minimum Gasteiger partial charge on any atom is -0.494 e. The van der Waals surface area contributed by atoms with Gasteiger partial charge in [-0.25, -0.2) is 13.2 Å². The number of ether oxygens (including phenoxy) is 1. The molecular formula is C35H33F6NO2. The normalized spacial score (nSPS) is 13.4. The van der Waals surface area contributed by atoms with Crippen LogP contribution >= 0.6 is 0 Å². The van der Waals surface area contributed by atoms with Gasteiger partial charge in [0.2, 0.25) is 0 Å². The van der Waals surface area contributed by atoms with Crippen LogP contribution in [0.3, 0.4) is 0 Å². The molecule has 0 unspecified atom stereocenters. The molecule has 0 fully saturated rings. The smallest absolute Gasteiger partial charge is 0.389 e. The Kier molecular flexibility index (Phi) is 9.59. The zero-order valence-corrected chi connectivity index (χ0v) is 24.6. The van der Waals surface area contributed by atoms with E-state index in [0.717, 1.165) is 0 Å². The predicted octanol–water partition coefficient (Wildman–Crippen LogP) is 8.53. The molecule has 0 aliphatic rings. The van der Waals surface area contributed by atoms with Gasteiger partial charge in [-0.3, -0.25) is 0 Å². The van der Waals surface area contributed by atoms with Gasteiger partial charge in [0.25, 0.3) is 0 Å². The summed E-state index contributed by atoms with van der Waals surface area (Å²) in [5, 5.41) is 0. The van der Waals surface area contributed by atoms with Gasteiger partial charge in [-0.15, -0.1) is 0 Å². The molecule has 0 amide bonds. The van der Waals surface area contributed by atoms with Crippen LogP contribution in [-0.4, -0.2) is 19.1 Å². The van der Waals surface area contributed by atoms with E-state index in [1.165, 1.54) is 60.7 Å². The van der Waals surface area contributed by atoms with Crippen LogP contribution in [0, 0.1) is 38.2 Å². The molecule has 0 aliphatic heterocycles. The maximum Gasteiger partial charge on any atom is 0.389 e. The highest BCUT2D eigenvalue weighted by molar-refractivity contribution is 5.64. The molecule has 232 valence electrons. The molecule has 0 aliphatic carbocycles. The number of alkyl halides is 3. The maximum atomic E-state index is 16.3. The van der Waals surface area contributed by atoms with Gasteiger partial charge in [-0.05, 0) is 79.8 Å². The van der Waals surface area contributed by atoms with Crippen LogP contribution in [0.4, 0.5) is 26.3 Å². The van der Waals surface area contributed by atoms with E-state index < -0.39 is 47.4 Å². The van der Waals surface area contributed by atoms with Crippen molar-refractivity contribution in [3.63, 3.8) is 0 Å². The van der Waals surface area contributed by atoms with Crippen molar-refractivity contribution in [1.82, 2.24) is 0 Å². The highest BCUT2D eigenvalue weighted by atomic mass is 19.4. The summed E-state index contributed by atoms with van der Waals surface area (Å²) in [6, 6.07) is 18.6. The number of aldehydes is 1. The van der Waals surface area contributed by atoms with Gasteiger partial charge in [0, 0.05) is 29.5 Å². The molecule has 9 heteroatoms. The van der Waals surface area contributed by atoms with E-state index in [1.807, 2.05) is 0 Å². The highest BCUT2D eigenvalue weighted by Crippen LogP contribution is 2.54. The SMILES string of the molecule is Cc1ccc(C(c2ccc(C)cc2F)(c2ccc(C)cc2F)[C@@](N)(CC=O)c2ccc(OCCCC(F)(F)F)cc2)c(F)c1. The lowest BCUT2D eigenvalue weighted by atomic mass is 9.54. The molecule has 4 aromatic rings. The van der Waals surface area contributed by atoms with Gasteiger partial charge >= 0.3 is 6.18 Å². The first-order valence-electron chi connectivity index (χ1n) is 14.1. The minimum absolute atomic E-state index is 0.148. The molecule has 4 aromatic carbocycles. The Morgan fingerprint density at radius 3 is 1.50 bits per heavy atom. The summed E-state index contributed by atoms with van der Waals surface area (Å²) < 4.78 is 91.9. The molecule has 0 saturated heterocycles. The van der Waals surface area contributed by atoms with Crippen molar-refractivity contribution in [3.05, 3.63) is 135 Å². The summed E-state index contributed by atoms with van der Waals surface area (Å²) in [7, 11) is 0. The Labute approximate surface area is 252 Å². The molecule has 0 heterocycles. The van der Waals surface area contributed by atoms with E-state index >= 15 is 13.2 Å². The minimum atomic E-state index is -4.31. The average Bonchev–Trinajstić information content (AvgIpc) is 2.94. The molecule has 1 atom stereocenters. The van der Waals surface area contributed by atoms with Crippen LogP contribution in [-0.2, 0) is 15.7 Å². The first-order chi connectivity index (χ1) is 20.7. The first-order valence-corrected chi connectivity index (χ1v) is 14.1. The van der Waals surface area contributed by atoms with Crippen molar-refractivity contribution in [2.45, 2.75) is 57.2 Å². The molecule has 0 spiro atoms. The van der Waals surface area contributed by atoms with Crippen LogP contribution in [0.15, 0.2) is 78.9 Å². The second-order valence-corrected chi connectivity index (χ2v) is 11.1. The fraction of sp³-hybridized carbons (Fsp3) is 0.286. The number of carbonyl (C=O) groups excluding carboxylic acids is 1. The Balaban J connectivity index is 2.04. The zero-order valence-electron chi connectivity index (χ0n) is 24.6. The van der Waals surface area contributed by atoms with Crippen LogP contribution in [0.5, 0.6) is 5.75 Å². The summed E-state index contributed by atoms with van der Waals surface area (Å²) >= 11 is 0. The van der Waals surface area contributed by atoms with Gasteiger partial charge in [0.1, 0.15) is 29.5 Å². The number of rotatable bonds is 11. The third-order valence-electron chi connectivity index (χ3n) is 7.90. The van der Waals surface area contributed by atoms with Crippen molar-refractivity contribution in [2.24, 2.45) is 5.73 Å². The summed E-state index contributed by atoms with van der Waals surface area (Å²) in [4.78, 5) is 12.4. The van der Waals surface area contributed by atoms with Gasteiger partial charge in [-0.1, -0.05) is 48.5 Å². The van der Waals surface area contributed by atoms with Crippen molar-refractivity contribution < 1.29 is 35.9 Å². The van der Waals surface area contributed by atoms with Gasteiger partial charge in [0.15, 0.2) is 0 Å². The molecule has 4 rings (SSSR count). The third kappa shape index (κ3) is 6.38. The van der Waals surface area contributed by atoms with E-state index in [1.54, 1.807) is 39.0 Å². The Morgan fingerprint density at radius 1 is 0.705 bits per heavy atom. The van der Waals surface area contributed by atoms with Crippen molar-refractivity contribution in [1.29, 1.82) is 0 Å². The van der Waals surface area contributed by atoms with Gasteiger partial charge in [-0.2, -0.15) is 13.2 Å². The summed E-state index contributed by atoms with van der Waals surface area (Å²) in [6.07, 6.45) is -5.56. The Hall–Kier alpha value is -4.11. The monoisotopic (exact) mass is 613 g/mol. The van der Waals surface area contributed by atoms with E-state index in [9.17, 15) is 18.0 Å². The number of hydrogen-bond acceptors (Lipinski definition) is 3. The largest absolute Gasteiger partial charge is 0.494 e. The topological polar surface area (TPSA) is 52.3 Å². The fourth-order valence-corrected chi connectivity index (χ4v) is 5.86. The standard InChI is InChI=1S/C35H33F6NO2/c1-22-5-12-27(30(36)19-22)35(28-13-6-23(2)20-31(28)37,29-14-7-24(3)21-32(29)38)33(42,16-17-43)25-8-10-26(11-9-25)44-18-4-15-34(39,40)41/h5-14,17,19-21H,4,15-16,18,42H2,1-3H3/t33-/m1/s1. The van der Waals surface area contributed by atoms with Crippen LogP contribution in [0.25, 0.3) is 0 Å². The number of benzene rings is 4. The van der Waals surface area contributed by atoms with E-state index in [-0.39, 0.29) is 41.0 Å². The predicted molar refractivity (Wildman–Crippen MR) is 157 cm³/mol. The lowest BCUT2D eigenvalue weighted by Gasteiger charge is -2.50. The van der Waals surface area contributed by atoms with Crippen molar-refractivity contribution in [2.75, 3.05) is 6.61 Å². The quantitative estimate of drug-likeness (QED) is 0.0799. The van der Waals surface area contributed by atoms with E-state index in [2.05, 4.69) is 0 Å². The summed E-state index contributed by atoms with van der Waals surface area (Å²) in [5.41, 5.74) is 4.56. The van der Waals surface area contributed by atoms with Crippen LogP contribution in [0.2, 0.25) is 0 Å². The second kappa shape index (κ2) is 12.9. The number of nitrogens with two attached hydrogens (primary N) is 1. The van der Waals surface area contributed by atoms with E-state index in [4.69, 9.17) is 10.5 Å². The number of aryl methyl sites for hydroxylation is 3. The molecule has 3 nitrogen and oxygen atoms in total. The Morgan fingerprint density at radius 2 is 1.14 bits per heavy atom. The molecule has 0 radical (unpaired) electrons. The molecule has 0 saturated carbocycles. The van der Waals surface area contributed by atoms with Crippen molar-refractivity contribution >= 4 is 6.29 Å². The average molecular weight is 614 g/mol. The molecule has 0 bridgehead atoms. The fourth-order valence-electron chi connectivity index (χ4n) is 5.86. The second-order valence-electron chi connectivity index (χ2n) is 11.1. The number of hydrogen-bond donors (Lipinski definition) is 1. The molecule has 2 N–H and O–H groups in total. The Bertz CT molecular complexity index is 1510. The highest BCUT2D eigenvalue weighted by Gasteiger charge is 2.57.